The van der Waals surface area contributed by atoms with Crippen molar-refractivity contribution in [2.45, 2.75) is 18.9 Å². The van der Waals surface area contributed by atoms with Crippen LogP contribution in [0.1, 0.15) is 12.8 Å². The van der Waals surface area contributed by atoms with E-state index in [4.69, 9.17) is 11.6 Å². The second kappa shape index (κ2) is 3.79. The molecule has 1 aliphatic rings. The number of halogens is 1. The molecule has 1 aromatic rings. The van der Waals surface area contributed by atoms with Crippen LogP contribution in [0.2, 0.25) is 5.02 Å². The van der Waals surface area contributed by atoms with Crippen molar-refractivity contribution in [3.8, 4) is 0 Å². The molecule has 0 spiro atoms. The van der Waals surface area contributed by atoms with Crippen molar-refractivity contribution in [1.29, 1.82) is 0 Å². The van der Waals surface area contributed by atoms with Gasteiger partial charge in [0.25, 0.3) is 0 Å². The SMILES string of the molecule is Clc1cnccc1NC1CC=CC1. The lowest BCUT2D eigenvalue weighted by Gasteiger charge is -2.14. The summed E-state index contributed by atoms with van der Waals surface area (Å²) in [7, 11) is 0. The lowest BCUT2D eigenvalue weighted by molar-refractivity contribution is 0.786. The first-order valence-corrected chi connectivity index (χ1v) is 4.75. The number of rotatable bonds is 2. The predicted molar refractivity (Wildman–Crippen MR) is 55.0 cm³/mol. The van der Waals surface area contributed by atoms with Crippen LogP contribution in [0.3, 0.4) is 0 Å². The Bertz CT molecular complexity index is 314. The summed E-state index contributed by atoms with van der Waals surface area (Å²) in [5.74, 6) is 0. The monoisotopic (exact) mass is 194 g/mol. The van der Waals surface area contributed by atoms with Gasteiger partial charge in [-0.2, -0.15) is 0 Å². The first kappa shape index (κ1) is 8.57. The second-order valence-electron chi connectivity index (χ2n) is 3.14. The van der Waals surface area contributed by atoms with E-state index in [0.29, 0.717) is 11.1 Å². The van der Waals surface area contributed by atoms with Crippen molar-refractivity contribution in [3.63, 3.8) is 0 Å². The van der Waals surface area contributed by atoms with Crippen molar-refractivity contribution in [3.05, 3.63) is 35.6 Å². The van der Waals surface area contributed by atoms with Crippen molar-refractivity contribution >= 4 is 17.3 Å². The number of hydrogen-bond acceptors (Lipinski definition) is 2. The van der Waals surface area contributed by atoms with Crippen LogP contribution in [0, 0.1) is 0 Å². The van der Waals surface area contributed by atoms with Crippen molar-refractivity contribution < 1.29 is 0 Å². The molecule has 0 bridgehead atoms. The van der Waals surface area contributed by atoms with Crippen LogP contribution in [0.5, 0.6) is 0 Å². The number of aromatic nitrogens is 1. The molecule has 2 rings (SSSR count). The fourth-order valence-electron chi connectivity index (χ4n) is 1.45. The number of anilines is 1. The Morgan fingerprint density at radius 3 is 2.85 bits per heavy atom. The Morgan fingerprint density at radius 2 is 2.15 bits per heavy atom. The summed E-state index contributed by atoms with van der Waals surface area (Å²) in [6.45, 7) is 0. The maximum atomic E-state index is 5.96. The van der Waals surface area contributed by atoms with Crippen LogP contribution in [-0.4, -0.2) is 11.0 Å². The molecular formula is C10H11ClN2. The van der Waals surface area contributed by atoms with Crippen LogP contribution in [0.15, 0.2) is 30.6 Å². The largest absolute Gasteiger partial charge is 0.380 e. The third-order valence-electron chi connectivity index (χ3n) is 2.14. The zero-order valence-electron chi connectivity index (χ0n) is 7.20. The second-order valence-corrected chi connectivity index (χ2v) is 3.55. The van der Waals surface area contributed by atoms with Gasteiger partial charge in [-0.1, -0.05) is 23.8 Å². The van der Waals surface area contributed by atoms with E-state index in [1.165, 1.54) is 0 Å². The highest BCUT2D eigenvalue weighted by atomic mass is 35.5. The average Bonchev–Trinajstić information content (AvgIpc) is 2.61. The molecule has 0 fully saturated rings. The molecule has 1 heterocycles. The van der Waals surface area contributed by atoms with Crippen LogP contribution in [0.4, 0.5) is 5.69 Å². The van der Waals surface area contributed by atoms with Gasteiger partial charge in [-0.05, 0) is 18.9 Å². The Balaban J connectivity index is 2.05. The van der Waals surface area contributed by atoms with E-state index in [1.54, 1.807) is 12.4 Å². The molecule has 1 N–H and O–H groups in total. The van der Waals surface area contributed by atoms with Crippen molar-refractivity contribution in [2.24, 2.45) is 0 Å². The van der Waals surface area contributed by atoms with Gasteiger partial charge < -0.3 is 5.32 Å². The third-order valence-corrected chi connectivity index (χ3v) is 2.44. The highest BCUT2D eigenvalue weighted by molar-refractivity contribution is 6.33. The van der Waals surface area contributed by atoms with E-state index < -0.39 is 0 Å². The molecule has 0 saturated heterocycles. The lowest BCUT2D eigenvalue weighted by Crippen LogP contribution is -2.15. The molecule has 0 unspecified atom stereocenters. The smallest absolute Gasteiger partial charge is 0.0820 e. The Labute approximate surface area is 82.6 Å². The summed E-state index contributed by atoms with van der Waals surface area (Å²) in [5, 5.41) is 4.06. The molecule has 2 nitrogen and oxygen atoms in total. The molecule has 68 valence electrons. The minimum atomic E-state index is 0.500. The molecule has 3 heteroatoms. The highest BCUT2D eigenvalue weighted by Crippen LogP contribution is 2.23. The molecule has 0 radical (unpaired) electrons. The molecule has 1 aromatic heterocycles. The number of hydrogen-bond donors (Lipinski definition) is 1. The van der Waals surface area contributed by atoms with Crippen molar-refractivity contribution in [2.75, 3.05) is 5.32 Å². The third kappa shape index (κ3) is 2.01. The quantitative estimate of drug-likeness (QED) is 0.733. The van der Waals surface area contributed by atoms with Gasteiger partial charge in [-0.15, -0.1) is 0 Å². The normalized spacial score (nSPS) is 16.4. The van der Waals surface area contributed by atoms with Crippen LogP contribution >= 0.6 is 11.6 Å². The standard InChI is InChI=1S/C10H11ClN2/c11-9-7-12-6-5-10(9)13-8-3-1-2-4-8/h1-2,5-8H,3-4H2,(H,12,13). The van der Waals surface area contributed by atoms with E-state index in [0.717, 1.165) is 18.5 Å². The van der Waals surface area contributed by atoms with E-state index in [2.05, 4.69) is 22.5 Å². The topological polar surface area (TPSA) is 24.9 Å². The minimum absolute atomic E-state index is 0.500. The fraction of sp³-hybridized carbons (Fsp3) is 0.300. The maximum Gasteiger partial charge on any atom is 0.0820 e. The van der Waals surface area contributed by atoms with Gasteiger partial charge in [0.1, 0.15) is 0 Å². The van der Waals surface area contributed by atoms with E-state index in [-0.39, 0.29) is 0 Å². The van der Waals surface area contributed by atoms with Gasteiger partial charge in [0.15, 0.2) is 0 Å². The zero-order chi connectivity index (χ0) is 9.10. The van der Waals surface area contributed by atoms with Crippen LogP contribution in [0.25, 0.3) is 0 Å². The highest BCUT2D eigenvalue weighted by Gasteiger charge is 2.10. The van der Waals surface area contributed by atoms with Gasteiger partial charge in [0.05, 0.1) is 10.7 Å². The molecule has 1 aliphatic carbocycles. The van der Waals surface area contributed by atoms with Crippen LogP contribution in [-0.2, 0) is 0 Å². The van der Waals surface area contributed by atoms with Gasteiger partial charge in [0, 0.05) is 18.4 Å². The van der Waals surface area contributed by atoms with E-state index >= 15 is 0 Å². The summed E-state index contributed by atoms with van der Waals surface area (Å²) in [6.07, 6.45) is 9.94. The van der Waals surface area contributed by atoms with E-state index in [1.807, 2.05) is 6.07 Å². The first-order valence-electron chi connectivity index (χ1n) is 4.37. The molecule has 0 amide bonds. The first-order chi connectivity index (χ1) is 6.36. The summed E-state index contributed by atoms with van der Waals surface area (Å²) in [4.78, 5) is 3.93. The molecule has 0 saturated carbocycles. The molecular weight excluding hydrogens is 184 g/mol. The molecule has 13 heavy (non-hydrogen) atoms. The summed E-state index contributed by atoms with van der Waals surface area (Å²) in [6, 6.07) is 2.40. The van der Waals surface area contributed by atoms with Crippen molar-refractivity contribution in [1.82, 2.24) is 4.98 Å². The minimum Gasteiger partial charge on any atom is -0.380 e. The predicted octanol–water partition coefficient (Wildman–Crippen LogP) is 2.87. The van der Waals surface area contributed by atoms with Crippen LogP contribution < -0.4 is 5.32 Å². The summed E-state index contributed by atoms with van der Waals surface area (Å²) >= 11 is 5.96. The molecule has 0 atom stereocenters. The lowest BCUT2D eigenvalue weighted by atomic mass is 10.2. The van der Waals surface area contributed by atoms with Gasteiger partial charge in [-0.25, -0.2) is 0 Å². The maximum absolute atomic E-state index is 5.96. The van der Waals surface area contributed by atoms with Gasteiger partial charge in [-0.3, -0.25) is 4.98 Å². The Hall–Kier alpha value is -1.02. The summed E-state index contributed by atoms with van der Waals surface area (Å²) in [5.41, 5.74) is 0.977. The van der Waals surface area contributed by atoms with Gasteiger partial charge in [0.2, 0.25) is 0 Å². The zero-order valence-corrected chi connectivity index (χ0v) is 7.96. The fourth-order valence-corrected chi connectivity index (χ4v) is 1.62. The number of pyridine rings is 1. The summed E-state index contributed by atoms with van der Waals surface area (Å²) < 4.78 is 0. The molecule has 0 aromatic carbocycles. The van der Waals surface area contributed by atoms with E-state index in [9.17, 15) is 0 Å². The molecule has 0 aliphatic heterocycles. The Morgan fingerprint density at radius 1 is 1.38 bits per heavy atom. The average molecular weight is 195 g/mol. The van der Waals surface area contributed by atoms with Gasteiger partial charge >= 0.3 is 0 Å². The number of nitrogens with one attached hydrogen (secondary N) is 1. The number of nitrogens with zero attached hydrogens (tertiary/aromatic N) is 1. The Kier molecular flexibility index (Phi) is 2.50.